The van der Waals surface area contributed by atoms with E-state index in [-0.39, 0.29) is 11.5 Å². The molecule has 0 saturated carbocycles. The smallest absolute Gasteiger partial charge is 0.252 e. The summed E-state index contributed by atoms with van der Waals surface area (Å²) >= 11 is 0. The highest BCUT2D eigenvalue weighted by Gasteiger charge is 2.14. The molecule has 1 fully saturated rings. The fourth-order valence-corrected chi connectivity index (χ4v) is 1.68. The first-order valence-electron chi connectivity index (χ1n) is 5.61. The lowest BCUT2D eigenvalue weighted by Gasteiger charge is -2.27. The van der Waals surface area contributed by atoms with Crippen molar-refractivity contribution in [3.8, 4) is 0 Å². The van der Waals surface area contributed by atoms with Crippen LogP contribution in [0.2, 0.25) is 0 Å². The van der Waals surface area contributed by atoms with Gasteiger partial charge in [-0.05, 0) is 5.92 Å². The minimum atomic E-state index is -0.0832. The van der Waals surface area contributed by atoms with Gasteiger partial charge in [0, 0.05) is 19.2 Å². The van der Waals surface area contributed by atoms with Crippen molar-refractivity contribution in [2.45, 2.75) is 19.8 Å². The van der Waals surface area contributed by atoms with Crippen molar-refractivity contribution < 1.29 is 4.74 Å². The molecule has 0 aromatic carbocycles. The predicted octanol–water partition coefficient (Wildman–Crippen LogP) is 0.730. The van der Waals surface area contributed by atoms with Gasteiger partial charge < -0.3 is 9.64 Å². The molecule has 88 valence electrons. The first-order chi connectivity index (χ1) is 7.66. The Balaban J connectivity index is 2.29. The standard InChI is InChI=1S/C11H17N3O2/c1-8(2)9-7-10(15)13-11(12-9)14-3-5-16-6-4-14/h7-8H,3-6H2,1-2H3,(H,12,13,15). The molecular formula is C11H17N3O2. The van der Waals surface area contributed by atoms with Gasteiger partial charge >= 0.3 is 0 Å². The lowest BCUT2D eigenvalue weighted by molar-refractivity contribution is 0.122. The van der Waals surface area contributed by atoms with Crippen molar-refractivity contribution in [1.29, 1.82) is 0 Å². The Kier molecular flexibility index (Phi) is 3.24. The van der Waals surface area contributed by atoms with Gasteiger partial charge in [0.25, 0.3) is 5.56 Å². The van der Waals surface area contributed by atoms with Crippen molar-refractivity contribution in [2.75, 3.05) is 31.2 Å². The summed E-state index contributed by atoms with van der Waals surface area (Å²) in [5.41, 5.74) is 0.755. The van der Waals surface area contributed by atoms with E-state index in [0.29, 0.717) is 19.2 Å². The number of anilines is 1. The first-order valence-corrected chi connectivity index (χ1v) is 5.61. The monoisotopic (exact) mass is 223 g/mol. The second kappa shape index (κ2) is 4.65. The maximum atomic E-state index is 11.5. The molecule has 5 heteroatoms. The van der Waals surface area contributed by atoms with E-state index in [2.05, 4.69) is 14.9 Å². The Morgan fingerprint density at radius 3 is 2.75 bits per heavy atom. The molecule has 0 aliphatic carbocycles. The number of hydrogen-bond acceptors (Lipinski definition) is 4. The van der Waals surface area contributed by atoms with E-state index in [1.54, 1.807) is 6.07 Å². The average molecular weight is 223 g/mol. The Bertz CT molecular complexity index is 408. The lowest BCUT2D eigenvalue weighted by atomic mass is 10.1. The third kappa shape index (κ3) is 2.41. The number of aromatic nitrogens is 2. The molecule has 0 atom stereocenters. The number of ether oxygens (including phenoxy) is 1. The summed E-state index contributed by atoms with van der Waals surface area (Å²) in [7, 11) is 0. The summed E-state index contributed by atoms with van der Waals surface area (Å²) in [5, 5.41) is 0. The van der Waals surface area contributed by atoms with Gasteiger partial charge in [0.15, 0.2) is 0 Å². The van der Waals surface area contributed by atoms with E-state index in [4.69, 9.17) is 4.74 Å². The van der Waals surface area contributed by atoms with Crippen LogP contribution in [-0.2, 0) is 4.74 Å². The van der Waals surface area contributed by atoms with Crippen LogP contribution in [0.3, 0.4) is 0 Å². The Hall–Kier alpha value is -1.36. The first kappa shape index (κ1) is 11.1. The molecule has 0 spiro atoms. The van der Waals surface area contributed by atoms with E-state index >= 15 is 0 Å². The summed E-state index contributed by atoms with van der Waals surface area (Å²) in [5.74, 6) is 0.932. The van der Waals surface area contributed by atoms with Gasteiger partial charge in [0.2, 0.25) is 5.95 Å². The third-order valence-electron chi connectivity index (χ3n) is 2.65. The van der Waals surface area contributed by atoms with Crippen LogP contribution in [0.4, 0.5) is 5.95 Å². The zero-order valence-electron chi connectivity index (χ0n) is 9.69. The second-order valence-electron chi connectivity index (χ2n) is 4.25. The summed E-state index contributed by atoms with van der Waals surface area (Å²) in [6.45, 7) is 7.01. The lowest BCUT2D eigenvalue weighted by Crippen LogP contribution is -2.38. The molecule has 1 aliphatic heterocycles. The van der Waals surface area contributed by atoms with Gasteiger partial charge in [0.05, 0.1) is 18.9 Å². The fourth-order valence-electron chi connectivity index (χ4n) is 1.68. The van der Waals surface area contributed by atoms with Gasteiger partial charge in [-0.2, -0.15) is 0 Å². The molecule has 0 unspecified atom stereocenters. The summed E-state index contributed by atoms with van der Waals surface area (Å²) in [6, 6.07) is 1.56. The number of hydrogen-bond donors (Lipinski definition) is 1. The summed E-state index contributed by atoms with van der Waals surface area (Å²) < 4.78 is 5.27. The van der Waals surface area contributed by atoms with E-state index in [1.165, 1.54) is 0 Å². The summed E-state index contributed by atoms with van der Waals surface area (Å²) in [4.78, 5) is 20.8. The number of rotatable bonds is 2. The van der Waals surface area contributed by atoms with Crippen LogP contribution in [0.5, 0.6) is 0 Å². The molecule has 1 saturated heterocycles. The molecule has 0 radical (unpaired) electrons. The topological polar surface area (TPSA) is 58.2 Å². The van der Waals surface area contributed by atoms with E-state index in [1.807, 2.05) is 13.8 Å². The SMILES string of the molecule is CC(C)c1cc(=O)[nH]c(N2CCOCC2)n1. The molecule has 2 heterocycles. The Morgan fingerprint density at radius 2 is 2.12 bits per heavy atom. The number of nitrogens with zero attached hydrogens (tertiary/aromatic N) is 2. The van der Waals surface area contributed by atoms with Crippen molar-refractivity contribution in [3.05, 3.63) is 22.1 Å². The molecule has 1 aromatic heterocycles. The van der Waals surface area contributed by atoms with Crippen LogP contribution in [0.25, 0.3) is 0 Å². The Labute approximate surface area is 94.5 Å². The van der Waals surface area contributed by atoms with Gasteiger partial charge in [-0.3, -0.25) is 9.78 Å². The van der Waals surface area contributed by atoms with Crippen LogP contribution in [0.15, 0.2) is 10.9 Å². The van der Waals surface area contributed by atoms with Crippen LogP contribution in [0, 0.1) is 0 Å². The van der Waals surface area contributed by atoms with Crippen LogP contribution in [-0.4, -0.2) is 36.3 Å². The largest absolute Gasteiger partial charge is 0.378 e. The molecule has 1 N–H and O–H groups in total. The molecule has 0 amide bonds. The maximum absolute atomic E-state index is 11.5. The molecule has 5 nitrogen and oxygen atoms in total. The Morgan fingerprint density at radius 1 is 1.44 bits per heavy atom. The average Bonchev–Trinajstić information content (AvgIpc) is 2.29. The number of aromatic amines is 1. The van der Waals surface area contributed by atoms with E-state index in [0.717, 1.165) is 18.8 Å². The molecule has 1 aromatic rings. The predicted molar refractivity (Wildman–Crippen MR) is 62.0 cm³/mol. The van der Waals surface area contributed by atoms with Gasteiger partial charge in [-0.1, -0.05) is 13.8 Å². The minimum absolute atomic E-state index is 0.0832. The highest BCUT2D eigenvalue weighted by molar-refractivity contribution is 5.31. The number of H-pyrrole nitrogens is 1. The van der Waals surface area contributed by atoms with E-state index in [9.17, 15) is 4.79 Å². The minimum Gasteiger partial charge on any atom is -0.378 e. The number of morpholine rings is 1. The fraction of sp³-hybridized carbons (Fsp3) is 0.636. The van der Waals surface area contributed by atoms with Gasteiger partial charge in [-0.15, -0.1) is 0 Å². The van der Waals surface area contributed by atoms with Gasteiger partial charge in [-0.25, -0.2) is 4.98 Å². The van der Waals surface area contributed by atoms with Crippen LogP contribution < -0.4 is 10.5 Å². The maximum Gasteiger partial charge on any atom is 0.252 e. The molecule has 16 heavy (non-hydrogen) atoms. The van der Waals surface area contributed by atoms with Crippen LogP contribution >= 0.6 is 0 Å². The van der Waals surface area contributed by atoms with Crippen molar-refractivity contribution >= 4 is 5.95 Å². The third-order valence-corrected chi connectivity index (χ3v) is 2.65. The van der Waals surface area contributed by atoms with E-state index < -0.39 is 0 Å². The van der Waals surface area contributed by atoms with Gasteiger partial charge in [0.1, 0.15) is 0 Å². The van der Waals surface area contributed by atoms with Crippen molar-refractivity contribution in [1.82, 2.24) is 9.97 Å². The molecule has 0 bridgehead atoms. The zero-order chi connectivity index (χ0) is 11.5. The highest BCUT2D eigenvalue weighted by Crippen LogP contribution is 2.13. The second-order valence-corrected chi connectivity index (χ2v) is 4.25. The quantitative estimate of drug-likeness (QED) is 0.803. The molecule has 2 rings (SSSR count). The normalized spacial score (nSPS) is 16.8. The number of nitrogens with one attached hydrogen (secondary N) is 1. The summed E-state index contributed by atoms with van der Waals surface area (Å²) in [6.07, 6.45) is 0. The molecular weight excluding hydrogens is 206 g/mol. The van der Waals surface area contributed by atoms with Crippen molar-refractivity contribution in [2.24, 2.45) is 0 Å². The zero-order valence-corrected chi connectivity index (χ0v) is 9.69. The van der Waals surface area contributed by atoms with Crippen molar-refractivity contribution in [3.63, 3.8) is 0 Å². The molecule has 1 aliphatic rings. The van der Waals surface area contributed by atoms with Crippen LogP contribution in [0.1, 0.15) is 25.5 Å². The highest BCUT2D eigenvalue weighted by atomic mass is 16.5.